The van der Waals surface area contributed by atoms with E-state index < -0.39 is 0 Å². The van der Waals surface area contributed by atoms with Gasteiger partial charge in [-0.3, -0.25) is 0 Å². The summed E-state index contributed by atoms with van der Waals surface area (Å²) in [5, 5.41) is 3.23. The summed E-state index contributed by atoms with van der Waals surface area (Å²) in [6.45, 7) is 1.11. The van der Waals surface area contributed by atoms with Crippen molar-refractivity contribution in [3.05, 3.63) is 21.3 Å². The Morgan fingerprint density at radius 3 is 2.86 bits per heavy atom. The van der Waals surface area contributed by atoms with Crippen LogP contribution in [0, 0.1) is 5.92 Å². The first kappa shape index (κ1) is 10.5. The van der Waals surface area contributed by atoms with E-state index >= 15 is 0 Å². The molecule has 1 fully saturated rings. The zero-order chi connectivity index (χ0) is 9.97. The molecular formula is C11H16ClNS. The average molecular weight is 230 g/mol. The first-order chi connectivity index (χ1) is 6.81. The summed E-state index contributed by atoms with van der Waals surface area (Å²) < 4.78 is 0.926. The Balaban J connectivity index is 2.02. The van der Waals surface area contributed by atoms with E-state index in [0.717, 1.165) is 22.7 Å². The van der Waals surface area contributed by atoms with E-state index in [-0.39, 0.29) is 0 Å². The minimum Gasteiger partial charge on any atom is -0.320 e. The van der Waals surface area contributed by atoms with Gasteiger partial charge in [-0.1, -0.05) is 11.6 Å². The quantitative estimate of drug-likeness (QED) is 0.815. The van der Waals surface area contributed by atoms with E-state index in [1.807, 2.05) is 13.1 Å². The van der Waals surface area contributed by atoms with E-state index in [2.05, 4.69) is 11.4 Å². The highest BCUT2D eigenvalue weighted by Crippen LogP contribution is 2.46. The molecule has 0 spiro atoms. The summed E-state index contributed by atoms with van der Waals surface area (Å²) in [6, 6.07) is 4.22. The van der Waals surface area contributed by atoms with Gasteiger partial charge in [0.1, 0.15) is 0 Å². The zero-order valence-electron chi connectivity index (χ0n) is 8.42. The van der Waals surface area contributed by atoms with Gasteiger partial charge in [0.15, 0.2) is 0 Å². The molecule has 1 unspecified atom stereocenters. The van der Waals surface area contributed by atoms with Crippen molar-refractivity contribution in [3.8, 4) is 0 Å². The maximum atomic E-state index is 5.97. The Hall–Kier alpha value is -0.0500. The second-order valence-electron chi connectivity index (χ2n) is 3.98. The summed E-state index contributed by atoms with van der Waals surface area (Å²) in [5.41, 5.74) is 0. The largest absolute Gasteiger partial charge is 0.320 e. The number of hydrogen-bond donors (Lipinski definition) is 1. The van der Waals surface area contributed by atoms with Crippen LogP contribution in [0.2, 0.25) is 4.34 Å². The molecule has 1 N–H and O–H groups in total. The summed E-state index contributed by atoms with van der Waals surface area (Å²) in [7, 11) is 2.02. The molecule has 1 saturated carbocycles. The van der Waals surface area contributed by atoms with Crippen LogP contribution in [-0.4, -0.2) is 13.6 Å². The third kappa shape index (κ3) is 2.50. The van der Waals surface area contributed by atoms with E-state index in [1.165, 1.54) is 24.1 Å². The maximum Gasteiger partial charge on any atom is 0.0931 e. The second-order valence-corrected chi connectivity index (χ2v) is 5.72. The molecule has 1 aliphatic rings. The van der Waals surface area contributed by atoms with Gasteiger partial charge in [0, 0.05) is 4.88 Å². The van der Waals surface area contributed by atoms with Crippen molar-refractivity contribution in [3.63, 3.8) is 0 Å². The summed E-state index contributed by atoms with van der Waals surface area (Å²) in [5.74, 6) is 1.68. The smallest absolute Gasteiger partial charge is 0.0931 e. The van der Waals surface area contributed by atoms with Crippen LogP contribution in [-0.2, 0) is 0 Å². The van der Waals surface area contributed by atoms with Gasteiger partial charge in [-0.05, 0) is 56.8 Å². The third-order valence-electron chi connectivity index (χ3n) is 2.86. The van der Waals surface area contributed by atoms with Gasteiger partial charge < -0.3 is 5.32 Å². The standard InChI is InChI=1S/C11H16ClNS/c1-13-7-6-9(8-2-3-8)10-4-5-11(12)14-10/h4-5,8-9,13H,2-3,6-7H2,1H3. The van der Waals surface area contributed by atoms with Gasteiger partial charge in [-0.15, -0.1) is 11.3 Å². The van der Waals surface area contributed by atoms with Crippen molar-refractivity contribution in [2.75, 3.05) is 13.6 Å². The minimum atomic E-state index is 0.750. The molecule has 0 saturated heterocycles. The van der Waals surface area contributed by atoms with E-state index in [4.69, 9.17) is 11.6 Å². The highest BCUT2D eigenvalue weighted by Gasteiger charge is 2.32. The highest BCUT2D eigenvalue weighted by atomic mass is 35.5. The maximum absolute atomic E-state index is 5.97. The summed E-state index contributed by atoms with van der Waals surface area (Å²) in [4.78, 5) is 1.48. The number of rotatable bonds is 5. The van der Waals surface area contributed by atoms with Crippen LogP contribution in [0.3, 0.4) is 0 Å². The number of hydrogen-bond acceptors (Lipinski definition) is 2. The zero-order valence-corrected chi connectivity index (χ0v) is 10.00. The molecule has 1 atom stereocenters. The van der Waals surface area contributed by atoms with Gasteiger partial charge in [-0.2, -0.15) is 0 Å². The first-order valence-electron chi connectivity index (χ1n) is 5.21. The Morgan fingerprint density at radius 1 is 1.57 bits per heavy atom. The second kappa shape index (κ2) is 4.65. The van der Waals surface area contributed by atoms with Crippen LogP contribution >= 0.6 is 22.9 Å². The van der Waals surface area contributed by atoms with Gasteiger partial charge in [0.25, 0.3) is 0 Å². The fraction of sp³-hybridized carbons (Fsp3) is 0.636. The van der Waals surface area contributed by atoms with E-state index in [0.29, 0.717) is 0 Å². The van der Waals surface area contributed by atoms with Crippen LogP contribution < -0.4 is 5.32 Å². The van der Waals surface area contributed by atoms with Crippen LogP contribution in [0.25, 0.3) is 0 Å². The molecule has 1 aromatic heterocycles. The molecule has 14 heavy (non-hydrogen) atoms. The molecule has 2 rings (SSSR count). The molecule has 3 heteroatoms. The fourth-order valence-electron chi connectivity index (χ4n) is 1.94. The first-order valence-corrected chi connectivity index (χ1v) is 6.40. The molecule has 1 heterocycles. The lowest BCUT2D eigenvalue weighted by atomic mass is 9.98. The van der Waals surface area contributed by atoms with E-state index in [9.17, 15) is 0 Å². The molecule has 1 aromatic rings. The highest BCUT2D eigenvalue weighted by molar-refractivity contribution is 7.16. The Morgan fingerprint density at radius 2 is 2.36 bits per heavy atom. The monoisotopic (exact) mass is 229 g/mol. The SMILES string of the molecule is CNCCC(c1ccc(Cl)s1)C1CC1. The molecule has 0 aromatic carbocycles. The summed E-state index contributed by atoms with van der Waals surface area (Å²) in [6.07, 6.45) is 4.06. The van der Waals surface area contributed by atoms with Gasteiger partial charge in [-0.25, -0.2) is 0 Å². The molecule has 0 radical (unpaired) electrons. The third-order valence-corrected chi connectivity index (χ3v) is 4.22. The fourth-order valence-corrected chi connectivity index (χ4v) is 3.23. The Labute approximate surface area is 94.5 Å². The number of thiophene rings is 1. The van der Waals surface area contributed by atoms with Crippen molar-refractivity contribution < 1.29 is 0 Å². The van der Waals surface area contributed by atoms with Crippen molar-refractivity contribution in [2.24, 2.45) is 5.92 Å². The van der Waals surface area contributed by atoms with Gasteiger partial charge >= 0.3 is 0 Å². The van der Waals surface area contributed by atoms with Gasteiger partial charge in [0.2, 0.25) is 0 Å². The summed E-state index contributed by atoms with van der Waals surface area (Å²) >= 11 is 7.72. The topological polar surface area (TPSA) is 12.0 Å². The molecule has 0 aliphatic heterocycles. The lowest BCUT2D eigenvalue weighted by molar-refractivity contribution is 0.548. The lowest BCUT2D eigenvalue weighted by Gasteiger charge is -2.13. The Bertz CT molecular complexity index is 293. The number of halogens is 1. The predicted molar refractivity (Wildman–Crippen MR) is 63.3 cm³/mol. The van der Waals surface area contributed by atoms with Crippen LogP contribution in [0.1, 0.15) is 30.1 Å². The molecule has 0 bridgehead atoms. The molecule has 0 amide bonds. The molecular weight excluding hydrogens is 214 g/mol. The molecule has 78 valence electrons. The average Bonchev–Trinajstić information content (AvgIpc) is 2.91. The van der Waals surface area contributed by atoms with Crippen LogP contribution in [0.5, 0.6) is 0 Å². The predicted octanol–water partition coefficient (Wildman–Crippen LogP) is 3.50. The molecule has 1 nitrogen and oxygen atoms in total. The van der Waals surface area contributed by atoms with Crippen molar-refractivity contribution in [2.45, 2.75) is 25.2 Å². The van der Waals surface area contributed by atoms with Crippen molar-refractivity contribution in [1.82, 2.24) is 5.32 Å². The van der Waals surface area contributed by atoms with Crippen molar-refractivity contribution >= 4 is 22.9 Å². The lowest BCUT2D eigenvalue weighted by Crippen LogP contribution is -2.12. The minimum absolute atomic E-state index is 0.750. The molecule has 1 aliphatic carbocycles. The van der Waals surface area contributed by atoms with Crippen LogP contribution in [0.4, 0.5) is 0 Å². The van der Waals surface area contributed by atoms with Gasteiger partial charge in [0.05, 0.1) is 4.34 Å². The number of nitrogens with one attached hydrogen (secondary N) is 1. The van der Waals surface area contributed by atoms with Crippen LogP contribution in [0.15, 0.2) is 12.1 Å². The van der Waals surface area contributed by atoms with E-state index in [1.54, 1.807) is 11.3 Å². The normalized spacial score (nSPS) is 18.4. The van der Waals surface area contributed by atoms with Crippen molar-refractivity contribution in [1.29, 1.82) is 0 Å². The Kier molecular flexibility index (Phi) is 3.47.